The van der Waals surface area contributed by atoms with Gasteiger partial charge in [-0.3, -0.25) is 10.6 Å². The van der Waals surface area contributed by atoms with E-state index in [2.05, 4.69) is 60.8 Å². The van der Waals surface area contributed by atoms with Gasteiger partial charge >= 0.3 is 0 Å². The van der Waals surface area contributed by atoms with Crippen molar-refractivity contribution in [3.63, 3.8) is 0 Å². The number of nitrogens with zero attached hydrogens (tertiary/aromatic N) is 1. The lowest BCUT2D eigenvalue weighted by molar-refractivity contribution is 0.620. The minimum atomic E-state index is 0.146. The van der Waals surface area contributed by atoms with Gasteiger partial charge in [-0.05, 0) is 48.5 Å². The van der Waals surface area contributed by atoms with Crippen LogP contribution in [0.4, 0.5) is 28.7 Å². The SMILES string of the molecule is c1c[nH]c(Nc2ccc(Nc3ccc(NC4NCCN4)cc3)cc2)n1. The number of hydrogen-bond acceptors (Lipinski definition) is 6. The molecular formula is C18H21N7. The minimum absolute atomic E-state index is 0.146. The second-order valence-electron chi connectivity index (χ2n) is 5.83. The molecule has 7 heteroatoms. The third kappa shape index (κ3) is 4.09. The summed E-state index contributed by atoms with van der Waals surface area (Å²) >= 11 is 0. The molecule has 25 heavy (non-hydrogen) atoms. The number of nitrogens with one attached hydrogen (secondary N) is 6. The molecular weight excluding hydrogens is 314 g/mol. The highest BCUT2D eigenvalue weighted by Crippen LogP contribution is 2.21. The van der Waals surface area contributed by atoms with Crippen LogP contribution in [0.15, 0.2) is 60.9 Å². The van der Waals surface area contributed by atoms with E-state index in [9.17, 15) is 0 Å². The highest BCUT2D eigenvalue weighted by molar-refractivity contribution is 5.65. The highest BCUT2D eigenvalue weighted by atomic mass is 15.3. The number of benzene rings is 2. The number of aromatic nitrogens is 2. The second kappa shape index (κ2) is 7.25. The fraction of sp³-hybridized carbons (Fsp3) is 0.167. The third-order valence-electron chi connectivity index (χ3n) is 3.95. The van der Waals surface area contributed by atoms with Gasteiger partial charge in [-0.15, -0.1) is 0 Å². The van der Waals surface area contributed by atoms with E-state index in [1.165, 1.54) is 0 Å². The van der Waals surface area contributed by atoms with Gasteiger partial charge in [-0.2, -0.15) is 0 Å². The van der Waals surface area contributed by atoms with Crippen LogP contribution < -0.4 is 26.6 Å². The van der Waals surface area contributed by atoms with E-state index in [4.69, 9.17) is 0 Å². The molecule has 1 aliphatic heterocycles. The van der Waals surface area contributed by atoms with Crippen molar-refractivity contribution in [3.05, 3.63) is 60.9 Å². The standard InChI is InChI=1S/C18H21N7/c1-5-15(24-17-19-9-10-20-17)6-2-13(1)23-14-3-7-16(8-4-14)25-18-21-11-12-22-18/h1-10,18,21-23,25H,11-12H2,(H2,19,20,24). The molecule has 0 bridgehead atoms. The quantitative estimate of drug-likeness (QED) is 0.415. The first-order chi connectivity index (χ1) is 12.3. The summed E-state index contributed by atoms with van der Waals surface area (Å²) < 4.78 is 0. The Balaban J connectivity index is 1.34. The summed E-state index contributed by atoms with van der Waals surface area (Å²) in [6, 6.07) is 16.3. The van der Waals surface area contributed by atoms with Crippen LogP contribution in [0, 0.1) is 0 Å². The molecule has 1 aromatic heterocycles. The van der Waals surface area contributed by atoms with Gasteiger partial charge in [-0.25, -0.2) is 4.98 Å². The molecule has 3 aromatic rings. The van der Waals surface area contributed by atoms with Gasteiger partial charge in [0.25, 0.3) is 0 Å². The molecule has 0 radical (unpaired) electrons. The minimum Gasteiger partial charge on any atom is -0.358 e. The van der Waals surface area contributed by atoms with Crippen LogP contribution >= 0.6 is 0 Å². The highest BCUT2D eigenvalue weighted by Gasteiger charge is 2.11. The molecule has 0 amide bonds. The molecule has 0 unspecified atom stereocenters. The van der Waals surface area contributed by atoms with Crippen LogP contribution in [-0.4, -0.2) is 29.3 Å². The number of anilines is 5. The van der Waals surface area contributed by atoms with Gasteiger partial charge in [-0.1, -0.05) is 0 Å². The van der Waals surface area contributed by atoms with Crippen LogP contribution in [0.2, 0.25) is 0 Å². The average Bonchev–Trinajstić information content (AvgIpc) is 3.33. The van der Waals surface area contributed by atoms with Gasteiger partial charge in [0.2, 0.25) is 5.95 Å². The Labute approximate surface area is 146 Å². The van der Waals surface area contributed by atoms with Crippen LogP contribution in [0.25, 0.3) is 0 Å². The first-order valence-corrected chi connectivity index (χ1v) is 8.32. The lowest BCUT2D eigenvalue weighted by Gasteiger charge is -2.15. The smallest absolute Gasteiger partial charge is 0.204 e. The van der Waals surface area contributed by atoms with Crippen molar-refractivity contribution in [2.45, 2.75) is 6.29 Å². The molecule has 2 heterocycles. The second-order valence-corrected chi connectivity index (χ2v) is 5.83. The molecule has 1 aliphatic rings. The molecule has 0 spiro atoms. The Morgan fingerprint density at radius 3 is 1.88 bits per heavy atom. The lowest BCUT2D eigenvalue weighted by atomic mass is 10.2. The normalized spacial score (nSPS) is 14.4. The summed E-state index contributed by atoms with van der Waals surface area (Å²) in [6.07, 6.45) is 3.65. The summed E-state index contributed by atoms with van der Waals surface area (Å²) in [5, 5.41) is 16.7. The number of aromatic amines is 1. The van der Waals surface area contributed by atoms with E-state index >= 15 is 0 Å². The van der Waals surface area contributed by atoms with E-state index in [-0.39, 0.29) is 6.29 Å². The summed E-state index contributed by atoms with van der Waals surface area (Å²) in [7, 11) is 0. The molecule has 7 nitrogen and oxygen atoms in total. The van der Waals surface area contributed by atoms with Crippen LogP contribution in [0.3, 0.4) is 0 Å². The molecule has 4 rings (SSSR count). The fourth-order valence-electron chi connectivity index (χ4n) is 2.70. The Morgan fingerprint density at radius 1 is 0.760 bits per heavy atom. The van der Waals surface area contributed by atoms with Gasteiger partial charge < -0.3 is 20.9 Å². The van der Waals surface area contributed by atoms with E-state index in [1.807, 2.05) is 24.3 Å². The largest absolute Gasteiger partial charge is 0.358 e. The van der Waals surface area contributed by atoms with Gasteiger partial charge in [0, 0.05) is 48.2 Å². The fourth-order valence-corrected chi connectivity index (χ4v) is 2.70. The summed E-state index contributed by atoms with van der Waals surface area (Å²) in [5.41, 5.74) is 4.14. The maximum atomic E-state index is 4.15. The van der Waals surface area contributed by atoms with Crippen molar-refractivity contribution < 1.29 is 0 Å². The van der Waals surface area contributed by atoms with Crippen LogP contribution in [-0.2, 0) is 0 Å². The number of imidazole rings is 1. The first kappa shape index (κ1) is 15.5. The zero-order valence-corrected chi connectivity index (χ0v) is 13.7. The van der Waals surface area contributed by atoms with Crippen molar-refractivity contribution in [1.29, 1.82) is 0 Å². The van der Waals surface area contributed by atoms with E-state index in [0.29, 0.717) is 0 Å². The van der Waals surface area contributed by atoms with Gasteiger partial charge in [0.15, 0.2) is 0 Å². The Kier molecular flexibility index (Phi) is 4.49. The van der Waals surface area contributed by atoms with E-state index < -0.39 is 0 Å². The monoisotopic (exact) mass is 335 g/mol. The number of hydrogen-bond donors (Lipinski definition) is 6. The molecule has 2 aromatic carbocycles. The van der Waals surface area contributed by atoms with Crippen molar-refractivity contribution in [1.82, 2.24) is 20.6 Å². The first-order valence-electron chi connectivity index (χ1n) is 8.32. The molecule has 0 atom stereocenters. The Bertz CT molecular complexity index is 775. The molecule has 1 fully saturated rings. The zero-order valence-electron chi connectivity index (χ0n) is 13.7. The molecule has 0 saturated carbocycles. The third-order valence-corrected chi connectivity index (χ3v) is 3.95. The van der Waals surface area contributed by atoms with E-state index in [1.54, 1.807) is 12.4 Å². The van der Waals surface area contributed by atoms with Crippen molar-refractivity contribution in [2.75, 3.05) is 29.0 Å². The molecule has 0 aliphatic carbocycles. The average molecular weight is 335 g/mol. The zero-order chi connectivity index (χ0) is 16.9. The lowest BCUT2D eigenvalue weighted by Crippen LogP contribution is -2.38. The Hall–Kier alpha value is -3.03. The maximum absolute atomic E-state index is 4.15. The molecule has 128 valence electrons. The summed E-state index contributed by atoms with van der Waals surface area (Å²) in [5.74, 6) is 0.732. The topological polar surface area (TPSA) is 88.8 Å². The predicted molar refractivity (Wildman–Crippen MR) is 101 cm³/mol. The Morgan fingerprint density at radius 2 is 1.32 bits per heavy atom. The summed E-state index contributed by atoms with van der Waals surface area (Å²) in [4.78, 5) is 7.17. The predicted octanol–water partition coefficient (Wildman–Crippen LogP) is 2.79. The number of rotatable bonds is 6. The van der Waals surface area contributed by atoms with Gasteiger partial charge in [0.1, 0.15) is 6.29 Å². The molecule has 6 N–H and O–H groups in total. The maximum Gasteiger partial charge on any atom is 0.204 e. The number of H-pyrrole nitrogens is 1. The van der Waals surface area contributed by atoms with Crippen molar-refractivity contribution in [2.24, 2.45) is 0 Å². The van der Waals surface area contributed by atoms with E-state index in [0.717, 1.165) is 41.8 Å². The van der Waals surface area contributed by atoms with Gasteiger partial charge in [0.05, 0.1) is 0 Å². The summed E-state index contributed by atoms with van der Waals surface area (Å²) in [6.45, 7) is 1.98. The van der Waals surface area contributed by atoms with Crippen LogP contribution in [0.1, 0.15) is 0 Å². The van der Waals surface area contributed by atoms with Crippen LogP contribution in [0.5, 0.6) is 0 Å². The van der Waals surface area contributed by atoms with Crippen molar-refractivity contribution >= 4 is 28.7 Å². The molecule has 1 saturated heterocycles. The van der Waals surface area contributed by atoms with Crippen molar-refractivity contribution in [3.8, 4) is 0 Å².